The Kier molecular flexibility index (Phi) is 3.59. The van der Waals surface area contributed by atoms with E-state index in [-0.39, 0.29) is 6.04 Å². The second-order valence-electron chi connectivity index (χ2n) is 3.97. The second-order valence-corrected chi connectivity index (χ2v) is 4.33. The van der Waals surface area contributed by atoms with Crippen molar-refractivity contribution >= 4 is 17.4 Å². The van der Waals surface area contributed by atoms with Crippen LogP contribution in [0.5, 0.6) is 0 Å². The van der Waals surface area contributed by atoms with Crippen molar-refractivity contribution in [1.29, 1.82) is 0 Å². The van der Waals surface area contributed by atoms with Crippen LogP contribution in [0.4, 0.5) is 5.82 Å². The van der Waals surface area contributed by atoms with Gasteiger partial charge in [0.1, 0.15) is 0 Å². The molecule has 0 bridgehead atoms. The van der Waals surface area contributed by atoms with Crippen molar-refractivity contribution in [2.24, 2.45) is 0 Å². The normalized spacial score (nSPS) is 12.2. The molecule has 2 aromatic rings. The molecule has 2 rings (SSSR count). The molecular formula is C13H14ClN3. The molecule has 1 N–H and O–H groups in total. The van der Waals surface area contributed by atoms with Crippen LogP contribution in [-0.4, -0.2) is 9.97 Å². The van der Waals surface area contributed by atoms with Gasteiger partial charge in [-0.2, -0.15) is 0 Å². The highest BCUT2D eigenvalue weighted by atomic mass is 35.5. The first-order valence-electron chi connectivity index (χ1n) is 5.46. The summed E-state index contributed by atoms with van der Waals surface area (Å²) in [5.74, 6) is 0.613. The van der Waals surface area contributed by atoms with Gasteiger partial charge in [-0.15, -0.1) is 0 Å². The minimum absolute atomic E-state index is 0.143. The molecule has 1 aromatic heterocycles. The van der Waals surface area contributed by atoms with Crippen LogP contribution >= 0.6 is 11.6 Å². The van der Waals surface area contributed by atoms with Gasteiger partial charge >= 0.3 is 0 Å². The number of nitrogens with one attached hydrogen (secondary N) is 1. The van der Waals surface area contributed by atoms with Gasteiger partial charge in [0.05, 0.1) is 6.04 Å². The Morgan fingerprint density at radius 2 is 1.76 bits per heavy atom. The molecule has 4 heteroatoms. The molecule has 0 aliphatic carbocycles. The van der Waals surface area contributed by atoms with E-state index in [0.717, 1.165) is 0 Å². The molecule has 0 amide bonds. The summed E-state index contributed by atoms with van der Waals surface area (Å²) in [6, 6.07) is 8.51. The molecule has 88 valence electrons. The van der Waals surface area contributed by atoms with Crippen LogP contribution in [0.25, 0.3) is 0 Å². The Labute approximate surface area is 106 Å². The first-order chi connectivity index (χ1) is 8.16. The van der Waals surface area contributed by atoms with Crippen molar-refractivity contribution in [3.63, 3.8) is 0 Å². The third kappa shape index (κ3) is 2.94. The Balaban J connectivity index is 2.14. The lowest BCUT2D eigenvalue weighted by Crippen LogP contribution is -2.08. The van der Waals surface area contributed by atoms with E-state index < -0.39 is 0 Å². The monoisotopic (exact) mass is 247 g/mol. The van der Waals surface area contributed by atoms with E-state index in [1.807, 2.05) is 0 Å². The van der Waals surface area contributed by atoms with E-state index in [1.54, 1.807) is 12.4 Å². The summed E-state index contributed by atoms with van der Waals surface area (Å²) >= 11 is 5.94. The van der Waals surface area contributed by atoms with E-state index in [4.69, 9.17) is 11.6 Å². The van der Waals surface area contributed by atoms with Gasteiger partial charge in [0.2, 0.25) is 0 Å². The number of rotatable bonds is 3. The van der Waals surface area contributed by atoms with Gasteiger partial charge in [0, 0.05) is 12.4 Å². The number of anilines is 1. The van der Waals surface area contributed by atoms with E-state index in [0.29, 0.717) is 11.0 Å². The van der Waals surface area contributed by atoms with Crippen LogP contribution in [0, 0.1) is 6.92 Å². The molecule has 1 unspecified atom stereocenters. The highest BCUT2D eigenvalue weighted by molar-refractivity contribution is 6.31. The van der Waals surface area contributed by atoms with Crippen molar-refractivity contribution in [3.8, 4) is 0 Å². The molecule has 1 aromatic carbocycles. The molecule has 17 heavy (non-hydrogen) atoms. The maximum absolute atomic E-state index is 5.94. The third-order valence-corrected chi connectivity index (χ3v) is 2.86. The lowest BCUT2D eigenvalue weighted by molar-refractivity contribution is 0.871. The van der Waals surface area contributed by atoms with Crippen molar-refractivity contribution in [1.82, 2.24) is 9.97 Å². The van der Waals surface area contributed by atoms with Gasteiger partial charge in [0.25, 0.3) is 0 Å². The lowest BCUT2D eigenvalue weighted by atomic mass is 10.1. The topological polar surface area (TPSA) is 37.8 Å². The molecule has 0 radical (unpaired) electrons. The summed E-state index contributed by atoms with van der Waals surface area (Å²) in [7, 11) is 0. The predicted octanol–water partition coefficient (Wildman–Crippen LogP) is 3.61. The minimum atomic E-state index is 0.143. The summed E-state index contributed by atoms with van der Waals surface area (Å²) in [4.78, 5) is 8.14. The summed E-state index contributed by atoms with van der Waals surface area (Å²) in [6.07, 6.45) is 3.19. The number of hydrogen-bond acceptors (Lipinski definition) is 3. The van der Waals surface area contributed by atoms with E-state index >= 15 is 0 Å². The SMILES string of the molecule is Cc1ccc(C(C)Nc2nccnc2Cl)cc1. The average Bonchev–Trinajstić information content (AvgIpc) is 2.33. The minimum Gasteiger partial charge on any atom is -0.361 e. The molecule has 0 aliphatic heterocycles. The lowest BCUT2D eigenvalue weighted by Gasteiger charge is -2.15. The average molecular weight is 248 g/mol. The molecule has 1 atom stereocenters. The largest absolute Gasteiger partial charge is 0.361 e. The van der Waals surface area contributed by atoms with Crippen molar-refractivity contribution in [2.75, 3.05) is 5.32 Å². The maximum atomic E-state index is 5.94. The molecule has 0 spiro atoms. The Morgan fingerprint density at radius 1 is 1.12 bits per heavy atom. The van der Waals surface area contributed by atoms with Gasteiger partial charge in [-0.05, 0) is 19.4 Å². The second kappa shape index (κ2) is 5.15. The zero-order chi connectivity index (χ0) is 12.3. The molecule has 3 nitrogen and oxygen atoms in total. The zero-order valence-electron chi connectivity index (χ0n) is 9.81. The number of benzene rings is 1. The fourth-order valence-corrected chi connectivity index (χ4v) is 1.72. The maximum Gasteiger partial charge on any atom is 0.171 e. The van der Waals surface area contributed by atoms with Crippen LogP contribution in [-0.2, 0) is 0 Å². The third-order valence-electron chi connectivity index (χ3n) is 2.58. The van der Waals surface area contributed by atoms with Gasteiger partial charge < -0.3 is 5.32 Å². The van der Waals surface area contributed by atoms with Gasteiger partial charge in [-0.3, -0.25) is 0 Å². The number of hydrogen-bond donors (Lipinski definition) is 1. The molecule has 0 aliphatic rings. The summed E-state index contributed by atoms with van der Waals surface area (Å²) in [5, 5.41) is 3.64. The number of halogens is 1. The Morgan fingerprint density at radius 3 is 2.41 bits per heavy atom. The number of aromatic nitrogens is 2. The number of aryl methyl sites for hydroxylation is 1. The molecule has 0 saturated carbocycles. The predicted molar refractivity (Wildman–Crippen MR) is 70.3 cm³/mol. The van der Waals surface area contributed by atoms with Crippen LogP contribution in [0.3, 0.4) is 0 Å². The Bertz CT molecular complexity index is 496. The van der Waals surface area contributed by atoms with Gasteiger partial charge in [-0.25, -0.2) is 9.97 Å². The van der Waals surface area contributed by atoms with Crippen LogP contribution in [0.15, 0.2) is 36.7 Å². The summed E-state index contributed by atoms with van der Waals surface area (Å²) in [5.41, 5.74) is 2.44. The van der Waals surface area contributed by atoms with Crippen LogP contribution in [0.1, 0.15) is 24.1 Å². The number of nitrogens with zero attached hydrogens (tertiary/aromatic N) is 2. The van der Waals surface area contributed by atoms with E-state index in [2.05, 4.69) is 53.4 Å². The van der Waals surface area contributed by atoms with E-state index in [9.17, 15) is 0 Å². The molecule has 1 heterocycles. The van der Waals surface area contributed by atoms with E-state index in [1.165, 1.54) is 11.1 Å². The smallest absolute Gasteiger partial charge is 0.171 e. The summed E-state index contributed by atoms with van der Waals surface area (Å²) in [6.45, 7) is 4.14. The van der Waals surface area contributed by atoms with Gasteiger partial charge in [-0.1, -0.05) is 41.4 Å². The zero-order valence-corrected chi connectivity index (χ0v) is 10.6. The Hall–Kier alpha value is -1.61. The summed E-state index contributed by atoms with van der Waals surface area (Å²) < 4.78 is 0. The molecule has 0 saturated heterocycles. The molecule has 0 fully saturated rings. The van der Waals surface area contributed by atoms with Crippen molar-refractivity contribution < 1.29 is 0 Å². The highest BCUT2D eigenvalue weighted by Gasteiger charge is 2.08. The van der Waals surface area contributed by atoms with Crippen LogP contribution < -0.4 is 5.32 Å². The fourth-order valence-electron chi connectivity index (χ4n) is 1.56. The molecular weight excluding hydrogens is 234 g/mol. The first-order valence-corrected chi connectivity index (χ1v) is 5.84. The van der Waals surface area contributed by atoms with Crippen molar-refractivity contribution in [2.45, 2.75) is 19.9 Å². The van der Waals surface area contributed by atoms with Gasteiger partial charge in [0.15, 0.2) is 11.0 Å². The standard InChI is InChI=1S/C13H14ClN3/c1-9-3-5-11(6-4-9)10(2)17-13-12(14)15-7-8-16-13/h3-8,10H,1-2H3,(H,16,17). The van der Waals surface area contributed by atoms with Crippen LogP contribution in [0.2, 0.25) is 5.15 Å². The first kappa shape index (κ1) is 11.9. The highest BCUT2D eigenvalue weighted by Crippen LogP contribution is 2.22. The quantitative estimate of drug-likeness (QED) is 0.900. The fraction of sp³-hybridized carbons (Fsp3) is 0.231. The van der Waals surface area contributed by atoms with Crippen molar-refractivity contribution in [3.05, 3.63) is 52.9 Å².